The number of nitro benzene ring substituents is 1. The van der Waals surface area contributed by atoms with E-state index < -0.39 is 22.5 Å². The van der Waals surface area contributed by atoms with Crippen molar-refractivity contribution < 1.29 is 22.5 Å². The Morgan fingerprint density at radius 3 is 2.35 bits per heavy atom. The van der Waals surface area contributed by atoms with Crippen LogP contribution in [0.3, 0.4) is 0 Å². The molecule has 0 saturated heterocycles. The summed E-state index contributed by atoms with van der Waals surface area (Å²) in [7, 11) is 0. The van der Waals surface area contributed by atoms with Crippen molar-refractivity contribution in [2.24, 2.45) is 0 Å². The van der Waals surface area contributed by atoms with Gasteiger partial charge in [-0.05, 0) is 23.8 Å². The number of nitro groups is 1. The maximum Gasteiger partial charge on any atom is 0.416 e. The summed E-state index contributed by atoms with van der Waals surface area (Å²) in [6.07, 6.45) is -4.56. The first-order valence-corrected chi connectivity index (χ1v) is 5.40. The van der Waals surface area contributed by atoms with Crippen LogP contribution < -0.4 is 0 Å². The van der Waals surface area contributed by atoms with Gasteiger partial charge in [0.1, 0.15) is 5.82 Å². The van der Waals surface area contributed by atoms with Crippen molar-refractivity contribution in [1.82, 2.24) is 0 Å². The minimum atomic E-state index is -4.56. The van der Waals surface area contributed by atoms with E-state index in [2.05, 4.69) is 0 Å². The summed E-state index contributed by atoms with van der Waals surface area (Å²) in [5.74, 6) is -0.824. The number of nitrogens with zero attached hydrogens (tertiary/aromatic N) is 1. The van der Waals surface area contributed by atoms with Crippen LogP contribution in [0, 0.1) is 15.9 Å². The molecule has 0 saturated carbocycles. The fourth-order valence-electron chi connectivity index (χ4n) is 1.71. The van der Waals surface area contributed by atoms with E-state index in [1.54, 1.807) is 0 Å². The van der Waals surface area contributed by atoms with Gasteiger partial charge in [-0.2, -0.15) is 13.2 Å². The summed E-state index contributed by atoms with van der Waals surface area (Å²) in [6, 6.07) is 6.69. The number of alkyl halides is 3. The lowest BCUT2D eigenvalue weighted by atomic mass is 10.0. The van der Waals surface area contributed by atoms with Gasteiger partial charge < -0.3 is 0 Å². The molecule has 2 rings (SSSR count). The Balaban J connectivity index is 2.57. The highest BCUT2D eigenvalue weighted by molar-refractivity contribution is 5.67. The van der Waals surface area contributed by atoms with Gasteiger partial charge in [0.05, 0.1) is 10.5 Å². The predicted octanol–water partition coefficient (Wildman–Crippen LogP) is 4.42. The molecule has 2 aromatic carbocycles. The Morgan fingerprint density at radius 2 is 1.75 bits per heavy atom. The lowest BCUT2D eigenvalue weighted by Gasteiger charge is -2.09. The van der Waals surface area contributed by atoms with Gasteiger partial charge in [-0.15, -0.1) is 0 Å². The first kappa shape index (κ1) is 14.0. The molecule has 3 nitrogen and oxygen atoms in total. The van der Waals surface area contributed by atoms with Gasteiger partial charge in [-0.25, -0.2) is 4.39 Å². The quantitative estimate of drug-likeness (QED) is 0.465. The monoisotopic (exact) mass is 285 g/mol. The van der Waals surface area contributed by atoms with Crippen molar-refractivity contribution in [1.29, 1.82) is 0 Å². The highest BCUT2D eigenvalue weighted by atomic mass is 19.4. The average Bonchev–Trinajstić information content (AvgIpc) is 2.38. The molecule has 0 aliphatic rings. The van der Waals surface area contributed by atoms with Crippen LogP contribution in [0.15, 0.2) is 42.5 Å². The Kier molecular flexibility index (Phi) is 3.44. The number of hydrogen-bond donors (Lipinski definition) is 0. The van der Waals surface area contributed by atoms with Crippen molar-refractivity contribution >= 4 is 5.69 Å². The highest BCUT2D eigenvalue weighted by Gasteiger charge is 2.30. The summed E-state index contributed by atoms with van der Waals surface area (Å²) in [5, 5.41) is 10.6. The zero-order chi connectivity index (χ0) is 14.9. The van der Waals surface area contributed by atoms with E-state index >= 15 is 0 Å². The zero-order valence-corrected chi connectivity index (χ0v) is 9.82. The molecule has 0 bridgehead atoms. The Hall–Kier alpha value is -2.44. The van der Waals surface area contributed by atoms with Crippen LogP contribution in [0.1, 0.15) is 5.56 Å². The van der Waals surface area contributed by atoms with Crippen LogP contribution in [0.2, 0.25) is 0 Å². The van der Waals surface area contributed by atoms with E-state index in [1.807, 2.05) is 0 Å². The Morgan fingerprint density at radius 1 is 1.05 bits per heavy atom. The van der Waals surface area contributed by atoms with E-state index in [1.165, 1.54) is 6.07 Å². The highest BCUT2D eigenvalue weighted by Crippen LogP contribution is 2.33. The summed E-state index contributed by atoms with van der Waals surface area (Å²) in [6.45, 7) is 0. The number of benzene rings is 2. The van der Waals surface area contributed by atoms with Gasteiger partial charge in [-0.3, -0.25) is 10.1 Å². The second-order valence-corrected chi connectivity index (χ2v) is 4.00. The van der Waals surface area contributed by atoms with Crippen molar-refractivity contribution in [3.8, 4) is 11.1 Å². The van der Waals surface area contributed by atoms with E-state index in [4.69, 9.17) is 0 Å². The number of halogens is 4. The molecule has 0 amide bonds. The number of rotatable bonds is 2. The fourth-order valence-corrected chi connectivity index (χ4v) is 1.71. The second kappa shape index (κ2) is 4.92. The standard InChI is InChI=1S/C13H7F4NO2/c14-12-5-4-10(18(19)20)7-11(12)8-2-1-3-9(6-8)13(15,16)17/h1-7H. The summed E-state index contributed by atoms with van der Waals surface area (Å²) < 4.78 is 51.4. The molecule has 104 valence electrons. The van der Waals surface area contributed by atoms with Gasteiger partial charge >= 0.3 is 6.18 Å². The molecule has 0 fully saturated rings. The molecule has 20 heavy (non-hydrogen) atoms. The predicted molar refractivity (Wildman–Crippen MR) is 63.5 cm³/mol. The van der Waals surface area contributed by atoms with Gasteiger partial charge in [-0.1, -0.05) is 12.1 Å². The maximum atomic E-state index is 13.6. The van der Waals surface area contributed by atoms with E-state index in [9.17, 15) is 27.7 Å². The van der Waals surface area contributed by atoms with Crippen LogP contribution in [0.4, 0.5) is 23.2 Å². The van der Waals surface area contributed by atoms with E-state index in [0.29, 0.717) is 0 Å². The number of hydrogen-bond acceptors (Lipinski definition) is 2. The molecule has 0 unspecified atom stereocenters. The van der Waals surface area contributed by atoms with Crippen LogP contribution in [-0.4, -0.2) is 4.92 Å². The first-order chi connectivity index (χ1) is 9.29. The number of non-ortho nitro benzene ring substituents is 1. The average molecular weight is 285 g/mol. The van der Waals surface area contributed by atoms with Crippen molar-refractivity contribution in [2.45, 2.75) is 6.18 Å². The van der Waals surface area contributed by atoms with E-state index in [-0.39, 0.29) is 16.8 Å². The molecule has 0 aliphatic heterocycles. The van der Waals surface area contributed by atoms with Crippen LogP contribution in [-0.2, 0) is 6.18 Å². The lowest BCUT2D eigenvalue weighted by molar-refractivity contribution is -0.384. The molecule has 7 heteroatoms. The minimum absolute atomic E-state index is 0.0685. The Bertz CT molecular complexity index is 668. The molecule has 0 N–H and O–H groups in total. The van der Waals surface area contributed by atoms with Crippen LogP contribution in [0.25, 0.3) is 11.1 Å². The smallest absolute Gasteiger partial charge is 0.258 e. The Labute approximate surface area is 110 Å². The lowest BCUT2D eigenvalue weighted by Crippen LogP contribution is -2.04. The van der Waals surface area contributed by atoms with E-state index in [0.717, 1.165) is 36.4 Å². The molecule has 0 aromatic heterocycles. The van der Waals surface area contributed by atoms with Gasteiger partial charge in [0.15, 0.2) is 0 Å². The molecular formula is C13H7F4NO2. The van der Waals surface area contributed by atoms with Gasteiger partial charge in [0, 0.05) is 17.7 Å². The maximum absolute atomic E-state index is 13.6. The molecule has 0 atom stereocenters. The third-order valence-electron chi connectivity index (χ3n) is 2.66. The van der Waals surface area contributed by atoms with Crippen molar-refractivity contribution in [3.05, 3.63) is 64.0 Å². The third kappa shape index (κ3) is 2.76. The summed E-state index contributed by atoms with van der Waals surface area (Å²) in [5.41, 5.74) is -1.65. The molecular weight excluding hydrogens is 278 g/mol. The molecule has 0 radical (unpaired) electrons. The molecule has 0 heterocycles. The summed E-state index contributed by atoms with van der Waals surface area (Å²) in [4.78, 5) is 9.89. The topological polar surface area (TPSA) is 43.1 Å². The SMILES string of the molecule is O=[N+]([O-])c1ccc(F)c(-c2cccc(C(F)(F)F)c2)c1. The third-order valence-corrected chi connectivity index (χ3v) is 2.66. The normalized spacial score (nSPS) is 11.4. The second-order valence-electron chi connectivity index (χ2n) is 4.00. The van der Waals surface area contributed by atoms with Crippen LogP contribution >= 0.6 is 0 Å². The summed E-state index contributed by atoms with van der Waals surface area (Å²) >= 11 is 0. The largest absolute Gasteiger partial charge is 0.416 e. The fraction of sp³-hybridized carbons (Fsp3) is 0.0769. The van der Waals surface area contributed by atoms with Crippen molar-refractivity contribution in [2.75, 3.05) is 0 Å². The molecule has 0 spiro atoms. The van der Waals surface area contributed by atoms with Gasteiger partial charge in [0.2, 0.25) is 0 Å². The van der Waals surface area contributed by atoms with Gasteiger partial charge in [0.25, 0.3) is 5.69 Å². The molecule has 2 aromatic rings. The first-order valence-electron chi connectivity index (χ1n) is 5.40. The van der Waals surface area contributed by atoms with Crippen LogP contribution in [0.5, 0.6) is 0 Å². The molecule has 0 aliphatic carbocycles. The zero-order valence-electron chi connectivity index (χ0n) is 9.82. The minimum Gasteiger partial charge on any atom is -0.258 e. The van der Waals surface area contributed by atoms with Crippen molar-refractivity contribution in [3.63, 3.8) is 0 Å².